The first-order chi connectivity index (χ1) is 19.0. The van der Waals surface area contributed by atoms with E-state index in [0.717, 1.165) is 40.2 Å². The number of aromatic amines is 1. The molecule has 39 heavy (non-hydrogen) atoms. The molecule has 2 N–H and O–H groups in total. The minimum atomic E-state index is -0.387. The Morgan fingerprint density at radius 3 is 2.85 bits per heavy atom. The molecule has 10 nitrogen and oxygen atoms in total. The van der Waals surface area contributed by atoms with E-state index in [1.54, 1.807) is 18.2 Å². The zero-order chi connectivity index (χ0) is 26.7. The Balaban J connectivity index is 1.18. The van der Waals surface area contributed by atoms with E-state index in [9.17, 15) is 19.7 Å². The highest BCUT2D eigenvalue weighted by molar-refractivity contribution is 5.82. The van der Waals surface area contributed by atoms with Gasteiger partial charge in [0.05, 0.1) is 21.9 Å². The predicted octanol–water partition coefficient (Wildman–Crippen LogP) is 3.16. The monoisotopic (exact) mass is 524 g/mol. The van der Waals surface area contributed by atoms with Crippen molar-refractivity contribution in [2.45, 2.75) is 37.8 Å². The van der Waals surface area contributed by atoms with Gasteiger partial charge in [-0.3, -0.25) is 19.7 Å². The maximum atomic E-state index is 13.7. The summed E-state index contributed by atoms with van der Waals surface area (Å²) in [7, 11) is 0. The Hall–Kier alpha value is -4.47. The van der Waals surface area contributed by atoms with Crippen molar-refractivity contribution in [1.82, 2.24) is 19.9 Å². The van der Waals surface area contributed by atoms with Gasteiger partial charge in [0.15, 0.2) is 0 Å². The van der Waals surface area contributed by atoms with Crippen LogP contribution >= 0.6 is 0 Å². The number of carbonyl (C=O) groups is 1. The van der Waals surface area contributed by atoms with Gasteiger partial charge in [-0.05, 0) is 48.6 Å². The van der Waals surface area contributed by atoms with Gasteiger partial charge in [-0.2, -0.15) is 0 Å². The second-order valence-corrected chi connectivity index (χ2v) is 10.9. The number of nitro benzene ring substituents is 1. The lowest BCUT2D eigenvalue weighted by atomic mass is 9.70. The third-order valence-electron chi connectivity index (χ3n) is 8.64. The van der Waals surface area contributed by atoms with Crippen LogP contribution in [0.15, 0.2) is 65.5 Å². The van der Waals surface area contributed by atoms with Crippen LogP contribution in [0.3, 0.4) is 0 Å². The molecule has 5 heterocycles. The molecule has 2 aromatic carbocycles. The van der Waals surface area contributed by atoms with Gasteiger partial charge in [-0.25, -0.2) is 4.98 Å². The van der Waals surface area contributed by atoms with Gasteiger partial charge in [0, 0.05) is 67.6 Å². The van der Waals surface area contributed by atoms with E-state index >= 15 is 0 Å². The SMILES string of the molecule is O=C(NCCc1nc2ccccc2[nH]1)[C@@H]1Cc2cc([N+](=O)[O-])ccc2N2C[C@H]3C[C@H](Cn4c3cccc4=O)[C@@H]12. The Labute approximate surface area is 223 Å². The molecule has 1 amide bonds. The van der Waals surface area contributed by atoms with E-state index < -0.39 is 0 Å². The number of anilines is 1. The molecule has 0 spiro atoms. The normalized spacial score (nSPS) is 23.0. The first-order valence-corrected chi connectivity index (χ1v) is 13.4. The standard InChI is InChI=1S/C29H28N6O4/c36-27-7-3-6-24-18-12-19(16-33(24)27)28-21(14-17-13-20(35(38)39)8-9-25(17)34(28)15-18)29(37)30-11-10-26-31-22-4-1-2-5-23(22)32-26/h1-9,13,18-19,21,28H,10-12,14-16H2,(H,30,37)(H,31,32)/t18-,19-,21-,28+/m1/s1. The molecule has 4 aromatic rings. The Morgan fingerprint density at radius 2 is 2.00 bits per heavy atom. The number of fused-ring (bicyclic) bond motifs is 9. The number of hydrogen-bond acceptors (Lipinski definition) is 6. The number of benzene rings is 2. The van der Waals surface area contributed by atoms with Crippen molar-refractivity contribution < 1.29 is 9.72 Å². The van der Waals surface area contributed by atoms with Gasteiger partial charge in [-0.15, -0.1) is 0 Å². The number of aromatic nitrogens is 3. The molecule has 1 saturated heterocycles. The number of pyridine rings is 1. The predicted molar refractivity (Wildman–Crippen MR) is 146 cm³/mol. The number of H-pyrrole nitrogens is 1. The van der Waals surface area contributed by atoms with Crippen molar-refractivity contribution in [2.75, 3.05) is 18.0 Å². The van der Waals surface area contributed by atoms with Crippen molar-refractivity contribution in [2.24, 2.45) is 11.8 Å². The van der Waals surface area contributed by atoms with E-state index in [1.807, 2.05) is 47.0 Å². The highest BCUT2D eigenvalue weighted by Crippen LogP contribution is 2.47. The number of carbonyl (C=O) groups excluding carboxylic acids is 1. The summed E-state index contributed by atoms with van der Waals surface area (Å²) in [6.45, 7) is 1.66. The van der Waals surface area contributed by atoms with Crippen molar-refractivity contribution >= 4 is 28.3 Å². The van der Waals surface area contributed by atoms with Gasteiger partial charge in [0.2, 0.25) is 5.91 Å². The molecule has 0 unspecified atom stereocenters. The number of amides is 1. The summed E-state index contributed by atoms with van der Waals surface area (Å²) in [5, 5.41) is 14.6. The first-order valence-electron chi connectivity index (χ1n) is 13.4. The Bertz CT molecular complexity index is 1640. The van der Waals surface area contributed by atoms with Crippen LogP contribution < -0.4 is 15.8 Å². The molecular formula is C29H28N6O4. The summed E-state index contributed by atoms with van der Waals surface area (Å²) >= 11 is 0. The Kier molecular flexibility index (Phi) is 5.50. The summed E-state index contributed by atoms with van der Waals surface area (Å²) < 4.78 is 1.87. The molecule has 3 aliphatic rings. The highest BCUT2D eigenvalue weighted by Gasteiger charge is 2.49. The third kappa shape index (κ3) is 3.98. The van der Waals surface area contributed by atoms with Gasteiger partial charge in [0.1, 0.15) is 5.82 Å². The lowest BCUT2D eigenvalue weighted by molar-refractivity contribution is -0.384. The van der Waals surface area contributed by atoms with Crippen LogP contribution in [0.5, 0.6) is 0 Å². The second kappa shape index (κ2) is 9.07. The minimum absolute atomic E-state index is 0.00526. The van der Waals surface area contributed by atoms with E-state index in [0.29, 0.717) is 32.5 Å². The summed E-state index contributed by atoms with van der Waals surface area (Å²) in [6.07, 6.45) is 1.90. The quantitative estimate of drug-likeness (QED) is 0.305. The van der Waals surface area contributed by atoms with Gasteiger partial charge < -0.3 is 19.8 Å². The molecule has 2 aromatic heterocycles. The lowest BCUT2D eigenvalue weighted by Gasteiger charge is -2.54. The molecular weight excluding hydrogens is 496 g/mol. The molecule has 0 radical (unpaired) electrons. The maximum Gasteiger partial charge on any atom is 0.269 e. The Morgan fingerprint density at radius 1 is 1.13 bits per heavy atom. The maximum absolute atomic E-state index is 13.7. The second-order valence-electron chi connectivity index (χ2n) is 10.9. The number of imidazole rings is 1. The molecule has 0 saturated carbocycles. The van der Waals surface area contributed by atoms with Crippen molar-refractivity contribution in [1.29, 1.82) is 0 Å². The van der Waals surface area contributed by atoms with Crippen LogP contribution in [-0.2, 0) is 24.2 Å². The van der Waals surface area contributed by atoms with Gasteiger partial charge in [0.25, 0.3) is 11.2 Å². The smallest absolute Gasteiger partial charge is 0.269 e. The fourth-order valence-corrected chi connectivity index (χ4v) is 7.01. The summed E-state index contributed by atoms with van der Waals surface area (Å²) in [6, 6.07) is 18.1. The molecule has 4 atom stereocenters. The van der Waals surface area contributed by atoms with Crippen LogP contribution in [0, 0.1) is 22.0 Å². The van der Waals surface area contributed by atoms with Crippen LogP contribution in [0.1, 0.15) is 29.4 Å². The number of para-hydroxylation sites is 2. The lowest BCUT2D eigenvalue weighted by Crippen LogP contribution is -2.61. The number of non-ortho nitro benzene ring substituents is 1. The van der Waals surface area contributed by atoms with Crippen molar-refractivity contribution in [3.63, 3.8) is 0 Å². The fraction of sp³-hybridized carbons (Fsp3) is 0.345. The van der Waals surface area contributed by atoms with E-state index in [2.05, 4.69) is 20.2 Å². The largest absolute Gasteiger partial charge is 0.366 e. The number of hydrogen-bond donors (Lipinski definition) is 2. The first kappa shape index (κ1) is 23.6. The van der Waals surface area contributed by atoms with Crippen LogP contribution in [0.25, 0.3) is 11.0 Å². The number of nitro groups is 1. The van der Waals surface area contributed by atoms with Crippen LogP contribution in [0.4, 0.5) is 11.4 Å². The van der Waals surface area contributed by atoms with Gasteiger partial charge >= 0.3 is 0 Å². The summed E-state index contributed by atoms with van der Waals surface area (Å²) in [5.74, 6) is 0.633. The van der Waals surface area contributed by atoms with Crippen molar-refractivity contribution in [3.8, 4) is 0 Å². The zero-order valence-corrected chi connectivity index (χ0v) is 21.2. The number of nitrogens with one attached hydrogen (secondary N) is 2. The highest BCUT2D eigenvalue weighted by atomic mass is 16.6. The molecule has 10 heteroatoms. The zero-order valence-electron chi connectivity index (χ0n) is 21.2. The molecule has 7 rings (SSSR count). The average Bonchev–Trinajstić information content (AvgIpc) is 3.35. The number of nitrogens with zero attached hydrogens (tertiary/aromatic N) is 4. The van der Waals surface area contributed by atoms with Crippen molar-refractivity contribution in [3.05, 3.63) is 98.2 Å². The van der Waals surface area contributed by atoms with Crippen LogP contribution in [-0.4, -0.2) is 44.5 Å². The fourth-order valence-electron chi connectivity index (χ4n) is 7.01. The third-order valence-corrected chi connectivity index (χ3v) is 8.64. The minimum Gasteiger partial charge on any atom is -0.366 e. The molecule has 1 fully saturated rings. The van der Waals surface area contributed by atoms with Gasteiger partial charge in [-0.1, -0.05) is 18.2 Å². The molecule has 2 bridgehead atoms. The van der Waals surface area contributed by atoms with E-state index in [1.165, 1.54) is 0 Å². The van der Waals surface area contributed by atoms with Crippen LogP contribution in [0.2, 0.25) is 0 Å². The number of rotatable bonds is 5. The molecule has 198 valence electrons. The topological polar surface area (TPSA) is 126 Å². The summed E-state index contributed by atoms with van der Waals surface area (Å²) in [5.41, 5.74) is 4.69. The molecule has 0 aliphatic carbocycles. The number of piperidine rings is 1. The average molecular weight is 525 g/mol. The summed E-state index contributed by atoms with van der Waals surface area (Å²) in [4.78, 5) is 47.8. The molecule has 3 aliphatic heterocycles. The van der Waals surface area contributed by atoms with E-state index in [-0.39, 0.29) is 45.9 Å². The van der Waals surface area contributed by atoms with E-state index in [4.69, 9.17) is 0 Å².